The number of nitrogens with one attached hydrogen (secondary N) is 1. The third kappa shape index (κ3) is 27.2. The maximum Gasteiger partial charge on any atom is 0.220 e. The summed E-state index contributed by atoms with van der Waals surface area (Å²) in [6.07, 6.45) is 26.9. The summed E-state index contributed by atoms with van der Waals surface area (Å²) in [5.41, 5.74) is 0. The van der Waals surface area contributed by atoms with Gasteiger partial charge >= 0.3 is 0 Å². The molecule has 0 aliphatic carbocycles. The van der Waals surface area contributed by atoms with Gasteiger partial charge in [-0.2, -0.15) is 0 Å². The second-order valence-electron chi connectivity index (χ2n) is 19.7. The van der Waals surface area contributed by atoms with Gasteiger partial charge in [0.25, 0.3) is 0 Å². The molecule has 0 aromatic rings. The topological polar surface area (TPSA) is 228 Å². The van der Waals surface area contributed by atoms with Crippen molar-refractivity contribution in [3.8, 4) is 0 Å². The third-order valence-electron chi connectivity index (χ3n) is 13.7. The Bertz CT molecular complexity index is 1180. The molecule has 9 N–H and O–H groups in total. The average Bonchev–Trinajstić information content (AvgIpc) is 3.32. The third-order valence-corrected chi connectivity index (χ3v) is 13.7. The minimum Gasteiger partial charge on any atom is -0.394 e. The Hall–Kier alpha value is -1.27. The summed E-state index contributed by atoms with van der Waals surface area (Å²) < 4.78 is 22.7. The van der Waals surface area contributed by atoms with E-state index in [4.69, 9.17) is 18.9 Å². The van der Waals surface area contributed by atoms with Crippen molar-refractivity contribution in [3.05, 3.63) is 12.2 Å². The van der Waals surface area contributed by atoms with Crippen molar-refractivity contribution in [1.82, 2.24) is 5.32 Å². The molecule has 0 bridgehead atoms. The largest absolute Gasteiger partial charge is 0.394 e. The predicted octanol–water partition coefficient (Wildman–Crippen LogP) is 7.94. The summed E-state index contributed by atoms with van der Waals surface area (Å²) in [5.74, 6) is -0.238. The number of amides is 1. The lowest BCUT2D eigenvalue weighted by atomic mass is 9.97. The number of unbranched alkanes of at least 4 members (excludes halogenated alkanes) is 30. The van der Waals surface area contributed by atoms with Gasteiger partial charge in [0.2, 0.25) is 5.91 Å². The molecule has 2 aliphatic heterocycles. The Morgan fingerprint density at radius 2 is 0.925 bits per heavy atom. The summed E-state index contributed by atoms with van der Waals surface area (Å²) in [6.45, 7) is 2.79. The predicted molar refractivity (Wildman–Crippen MR) is 263 cm³/mol. The quantitative estimate of drug-likeness (QED) is 0.0209. The smallest absolute Gasteiger partial charge is 0.220 e. The van der Waals surface area contributed by atoms with E-state index in [2.05, 4.69) is 19.2 Å². The zero-order valence-electron chi connectivity index (χ0n) is 42.2. The lowest BCUT2D eigenvalue weighted by molar-refractivity contribution is -0.359. The van der Waals surface area contributed by atoms with Crippen molar-refractivity contribution in [1.29, 1.82) is 0 Å². The highest BCUT2D eigenvalue weighted by Gasteiger charge is 2.51. The number of hydrogen-bond acceptors (Lipinski definition) is 13. The number of aliphatic hydroxyl groups is 8. The van der Waals surface area contributed by atoms with Crippen LogP contribution in [0.25, 0.3) is 0 Å². The van der Waals surface area contributed by atoms with Crippen LogP contribution in [0.15, 0.2) is 12.2 Å². The molecule has 0 aromatic heterocycles. The molecule has 67 heavy (non-hydrogen) atoms. The van der Waals surface area contributed by atoms with Crippen LogP contribution in [-0.4, -0.2) is 140 Å². The fraction of sp³-hybridized carbons (Fsp3) is 0.943. The van der Waals surface area contributed by atoms with Crippen LogP contribution >= 0.6 is 0 Å². The highest BCUT2D eigenvalue weighted by Crippen LogP contribution is 2.30. The highest BCUT2D eigenvalue weighted by atomic mass is 16.7. The first-order chi connectivity index (χ1) is 32.6. The zero-order chi connectivity index (χ0) is 48.9. The number of carbonyl (C=O) groups is 1. The monoisotopic (exact) mass is 960 g/mol. The van der Waals surface area contributed by atoms with Gasteiger partial charge in [-0.1, -0.05) is 212 Å². The van der Waals surface area contributed by atoms with E-state index >= 15 is 0 Å². The molecule has 12 atom stereocenters. The Labute approximate surface area is 406 Å². The SMILES string of the molecule is CCCCCCCCCCCCCCCCCCCCCC/C=C/C(O)C(COC1OC(CO)C(OC2OC(CO)C(O)C(O)C2O)C(O)C1O)NC(=O)CCCCCCCCCCCCC. The Balaban J connectivity index is 1.78. The molecule has 14 heteroatoms. The van der Waals surface area contributed by atoms with Gasteiger partial charge in [-0.05, 0) is 19.3 Å². The average molecular weight is 960 g/mol. The first kappa shape index (κ1) is 61.8. The maximum absolute atomic E-state index is 13.1. The molecule has 0 radical (unpaired) electrons. The maximum atomic E-state index is 13.1. The van der Waals surface area contributed by atoms with E-state index in [-0.39, 0.29) is 18.9 Å². The summed E-state index contributed by atoms with van der Waals surface area (Å²) in [4.78, 5) is 13.1. The number of allylic oxidation sites excluding steroid dienone is 1. The highest BCUT2D eigenvalue weighted by molar-refractivity contribution is 5.76. The Morgan fingerprint density at radius 3 is 1.37 bits per heavy atom. The molecule has 0 aromatic carbocycles. The van der Waals surface area contributed by atoms with E-state index in [0.29, 0.717) is 6.42 Å². The van der Waals surface area contributed by atoms with Gasteiger partial charge in [-0.15, -0.1) is 0 Å². The summed E-state index contributed by atoms with van der Waals surface area (Å²) in [7, 11) is 0. The minimum atomic E-state index is -1.78. The van der Waals surface area contributed by atoms with E-state index in [1.807, 2.05) is 6.08 Å². The van der Waals surface area contributed by atoms with Gasteiger partial charge in [0.05, 0.1) is 32.0 Å². The molecule has 2 rings (SSSR count). The van der Waals surface area contributed by atoms with E-state index in [9.17, 15) is 45.6 Å². The molecule has 0 saturated carbocycles. The standard InChI is InChI=1S/C53H101NO13/c1-3-5-7-9-11-13-15-16-17-18-19-20-21-22-23-24-25-27-28-30-32-34-36-42(57)41(54-45(58)37-35-33-31-29-26-14-12-10-8-6-4-2)40-64-52-50(63)48(61)51(44(39-56)66-52)67-53-49(62)47(60)46(59)43(38-55)65-53/h34,36,41-44,46-53,55-57,59-63H,3-33,35,37-40H2,1-2H3,(H,54,58)/b36-34+. The molecule has 2 fully saturated rings. The van der Waals surface area contributed by atoms with Crippen LogP contribution in [0.2, 0.25) is 0 Å². The normalized spacial score (nSPS) is 26.6. The number of carbonyl (C=O) groups excluding carboxylic acids is 1. The Kier molecular flexibility index (Phi) is 37.2. The molecular formula is C53H101NO13. The van der Waals surface area contributed by atoms with Crippen LogP contribution in [0, 0.1) is 0 Å². The van der Waals surface area contributed by atoms with Crippen LogP contribution < -0.4 is 5.32 Å². The number of aliphatic hydroxyl groups excluding tert-OH is 8. The van der Waals surface area contributed by atoms with Gasteiger partial charge in [-0.3, -0.25) is 4.79 Å². The molecule has 14 nitrogen and oxygen atoms in total. The van der Waals surface area contributed by atoms with E-state index in [1.165, 1.54) is 161 Å². The van der Waals surface area contributed by atoms with Gasteiger partial charge in [0.15, 0.2) is 12.6 Å². The van der Waals surface area contributed by atoms with E-state index < -0.39 is 86.8 Å². The summed E-state index contributed by atoms with van der Waals surface area (Å²) in [6, 6.07) is -0.907. The molecule has 2 saturated heterocycles. The molecule has 2 aliphatic rings. The fourth-order valence-electron chi connectivity index (χ4n) is 9.23. The first-order valence-electron chi connectivity index (χ1n) is 27.4. The van der Waals surface area contributed by atoms with E-state index in [1.54, 1.807) is 6.08 Å². The fourth-order valence-corrected chi connectivity index (χ4v) is 9.23. The lowest BCUT2D eigenvalue weighted by Gasteiger charge is -2.46. The lowest BCUT2D eigenvalue weighted by Crippen LogP contribution is -2.65. The summed E-state index contributed by atoms with van der Waals surface area (Å²) in [5, 5.41) is 86.8. The van der Waals surface area contributed by atoms with Gasteiger partial charge in [0.1, 0.15) is 48.8 Å². The van der Waals surface area contributed by atoms with Gasteiger partial charge < -0.3 is 65.1 Å². The van der Waals surface area contributed by atoms with Gasteiger partial charge in [-0.25, -0.2) is 0 Å². The van der Waals surface area contributed by atoms with Gasteiger partial charge in [0, 0.05) is 6.42 Å². The van der Waals surface area contributed by atoms with Crippen molar-refractivity contribution in [3.63, 3.8) is 0 Å². The zero-order valence-corrected chi connectivity index (χ0v) is 42.2. The Morgan fingerprint density at radius 1 is 0.522 bits per heavy atom. The molecular weight excluding hydrogens is 859 g/mol. The van der Waals surface area contributed by atoms with Crippen molar-refractivity contribution < 1.29 is 64.6 Å². The molecule has 2 heterocycles. The molecule has 396 valence electrons. The molecule has 12 unspecified atom stereocenters. The summed E-state index contributed by atoms with van der Waals surface area (Å²) >= 11 is 0. The van der Waals surface area contributed by atoms with Crippen molar-refractivity contribution in [2.45, 2.75) is 299 Å². The second kappa shape index (κ2) is 40.3. The second-order valence-corrected chi connectivity index (χ2v) is 19.7. The van der Waals surface area contributed by atoms with Crippen LogP contribution in [0.1, 0.15) is 226 Å². The molecule has 1 amide bonds. The number of hydrogen-bond donors (Lipinski definition) is 9. The first-order valence-corrected chi connectivity index (χ1v) is 27.4. The molecule has 0 spiro atoms. The van der Waals surface area contributed by atoms with Crippen molar-refractivity contribution >= 4 is 5.91 Å². The van der Waals surface area contributed by atoms with Crippen molar-refractivity contribution in [2.24, 2.45) is 0 Å². The van der Waals surface area contributed by atoms with E-state index in [0.717, 1.165) is 38.5 Å². The van der Waals surface area contributed by atoms with Crippen LogP contribution in [-0.2, 0) is 23.7 Å². The van der Waals surface area contributed by atoms with Crippen LogP contribution in [0.4, 0.5) is 0 Å². The van der Waals surface area contributed by atoms with Crippen molar-refractivity contribution in [2.75, 3.05) is 19.8 Å². The number of rotatable bonds is 43. The van der Waals surface area contributed by atoms with Crippen LogP contribution in [0.3, 0.4) is 0 Å². The minimum absolute atomic E-state index is 0.238. The van der Waals surface area contributed by atoms with Crippen LogP contribution in [0.5, 0.6) is 0 Å². The number of ether oxygens (including phenoxy) is 4.